The Bertz CT molecular complexity index is 83.1. The van der Waals surface area contributed by atoms with Gasteiger partial charge in [0.2, 0.25) is 0 Å². The highest BCUT2D eigenvalue weighted by Crippen LogP contribution is 1.99. The highest BCUT2D eigenvalue weighted by molar-refractivity contribution is 6.99. The maximum atomic E-state index is 5.71. The van der Waals surface area contributed by atoms with Crippen LogP contribution in [0.5, 0.6) is 0 Å². The molecule has 0 bridgehead atoms. The molecule has 0 heterocycles. The van der Waals surface area contributed by atoms with Crippen LogP contribution in [0.1, 0.15) is 39.5 Å². The molecule has 0 unspecified atom stereocenters. The van der Waals surface area contributed by atoms with Crippen molar-refractivity contribution in [2.75, 3.05) is 13.2 Å². The third kappa shape index (κ3) is 8.37. The van der Waals surface area contributed by atoms with Gasteiger partial charge in [-0.2, -0.15) is 0 Å². The van der Waals surface area contributed by atoms with Gasteiger partial charge in [0, 0.05) is 13.2 Å². The number of hydrogen-bond donors (Lipinski definition) is 0. The quantitative estimate of drug-likeness (QED) is 0.435. The van der Waals surface area contributed by atoms with E-state index in [0.29, 0.717) is 13.2 Å². The third-order valence-corrected chi connectivity index (χ3v) is 1.75. The number of hydrogen-bond acceptors (Lipinski definition) is 2. The molecule has 0 aromatic heterocycles. The van der Waals surface area contributed by atoms with Crippen LogP contribution >= 0.6 is 11.5 Å². The van der Waals surface area contributed by atoms with Crippen LogP contribution < -0.4 is 0 Å². The Labute approximate surface area is 80.6 Å². The lowest BCUT2D eigenvalue weighted by molar-refractivity contribution is 0.208. The van der Waals surface area contributed by atoms with Crippen molar-refractivity contribution in [1.82, 2.24) is 0 Å². The fourth-order valence-electron chi connectivity index (χ4n) is 0.689. The van der Waals surface area contributed by atoms with Crippen LogP contribution in [0.15, 0.2) is 0 Å². The van der Waals surface area contributed by atoms with Gasteiger partial charge < -0.3 is 9.31 Å². The van der Waals surface area contributed by atoms with E-state index in [9.17, 15) is 0 Å². The Morgan fingerprint density at radius 3 is 1.75 bits per heavy atom. The zero-order valence-electron chi connectivity index (χ0n) is 8.01. The molecule has 0 spiro atoms. The van der Waals surface area contributed by atoms with Crippen LogP contribution in [0.4, 0.5) is 0 Å². The highest BCUT2D eigenvalue weighted by Gasteiger charge is 2.12. The molecule has 0 aromatic rings. The lowest BCUT2D eigenvalue weighted by Crippen LogP contribution is -2.17. The summed E-state index contributed by atoms with van der Waals surface area (Å²) in [6.07, 6.45) is 4.33. The molecule has 0 aliphatic carbocycles. The standard InChI is InChI=1S/C8H18BClO2/c1-3-5-7-11-9(10)12-8-6-4-2/h3-8H2,1-2H3. The summed E-state index contributed by atoms with van der Waals surface area (Å²) in [5, 5.41) is 0. The zero-order valence-corrected chi connectivity index (χ0v) is 8.77. The third-order valence-electron chi connectivity index (χ3n) is 1.49. The van der Waals surface area contributed by atoms with Crippen LogP contribution in [0.2, 0.25) is 0 Å². The molecular formula is C8H18BClO2. The Morgan fingerprint density at radius 2 is 1.42 bits per heavy atom. The lowest BCUT2D eigenvalue weighted by Gasteiger charge is -2.07. The molecule has 0 rings (SSSR count). The van der Waals surface area contributed by atoms with Crippen molar-refractivity contribution < 1.29 is 9.31 Å². The first-order valence-corrected chi connectivity index (χ1v) is 5.12. The van der Waals surface area contributed by atoms with E-state index >= 15 is 0 Å². The van der Waals surface area contributed by atoms with Crippen molar-refractivity contribution >= 4 is 18.0 Å². The molecule has 0 aliphatic rings. The second kappa shape index (κ2) is 9.36. The van der Waals surface area contributed by atoms with Crippen molar-refractivity contribution in [2.45, 2.75) is 39.5 Å². The van der Waals surface area contributed by atoms with Gasteiger partial charge in [0.25, 0.3) is 0 Å². The van der Waals surface area contributed by atoms with Gasteiger partial charge in [-0.05, 0) is 12.8 Å². The predicted octanol–water partition coefficient (Wildman–Crippen LogP) is 2.84. The van der Waals surface area contributed by atoms with Crippen LogP contribution in [-0.4, -0.2) is 19.7 Å². The molecule has 2 nitrogen and oxygen atoms in total. The van der Waals surface area contributed by atoms with E-state index in [-0.39, 0.29) is 0 Å². The Morgan fingerprint density at radius 1 is 1.00 bits per heavy atom. The second-order valence-corrected chi connectivity index (χ2v) is 3.08. The molecule has 0 fully saturated rings. The van der Waals surface area contributed by atoms with Crippen LogP contribution in [0.3, 0.4) is 0 Å². The molecule has 0 atom stereocenters. The van der Waals surface area contributed by atoms with Gasteiger partial charge in [-0.3, -0.25) is 0 Å². The SMILES string of the molecule is CCCCOB(Cl)OCCCC. The van der Waals surface area contributed by atoms with Crippen LogP contribution in [0, 0.1) is 0 Å². The maximum Gasteiger partial charge on any atom is 0.571 e. The maximum absolute atomic E-state index is 5.71. The first-order valence-electron chi connectivity index (χ1n) is 4.68. The van der Waals surface area contributed by atoms with E-state index in [1.54, 1.807) is 0 Å². The van der Waals surface area contributed by atoms with E-state index in [1.807, 2.05) is 0 Å². The largest absolute Gasteiger partial charge is 0.571 e. The van der Waals surface area contributed by atoms with Gasteiger partial charge in [0.05, 0.1) is 0 Å². The first-order chi connectivity index (χ1) is 5.81. The monoisotopic (exact) mass is 192 g/mol. The van der Waals surface area contributed by atoms with E-state index in [2.05, 4.69) is 13.8 Å². The van der Waals surface area contributed by atoms with Crippen LogP contribution in [0.25, 0.3) is 0 Å². The molecular weight excluding hydrogens is 174 g/mol. The number of unbranched alkanes of at least 4 members (excludes halogenated alkanes) is 2. The molecule has 0 amide bonds. The average Bonchev–Trinajstić information content (AvgIpc) is 2.06. The first kappa shape index (κ1) is 12.3. The van der Waals surface area contributed by atoms with Gasteiger partial charge in [-0.25, -0.2) is 0 Å². The van der Waals surface area contributed by atoms with Gasteiger partial charge in [0.1, 0.15) is 0 Å². The normalized spacial score (nSPS) is 10.2. The molecule has 0 saturated heterocycles. The number of halogens is 1. The molecule has 0 N–H and O–H groups in total. The average molecular weight is 192 g/mol. The minimum Gasteiger partial charge on any atom is -0.398 e. The predicted molar refractivity (Wildman–Crippen MR) is 53.3 cm³/mol. The topological polar surface area (TPSA) is 18.5 Å². The molecule has 0 saturated carbocycles. The molecule has 0 aliphatic heterocycles. The minimum absolute atomic E-state index is 0.553. The minimum atomic E-state index is -0.553. The van der Waals surface area contributed by atoms with Gasteiger partial charge in [-0.1, -0.05) is 26.7 Å². The summed E-state index contributed by atoms with van der Waals surface area (Å²) < 4.78 is 10.3. The molecule has 0 radical (unpaired) electrons. The summed E-state index contributed by atoms with van der Waals surface area (Å²) in [4.78, 5) is 0. The van der Waals surface area contributed by atoms with Crippen molar-refractivity contribution in [3.63, 3.8) is 0 Å². The van der Waals surface area contributed by atoms with Gasteiger partial charge in [0.15, 0.2) is 0 Å². The Kier molecular flexibility index (Phi) is 9.58. The summed E-state index contributed by atoms with van der Waals surface area (Å²) >= 11 is 5.71. The molecule has 4 heteroatoms. The lowest BCUT2D eigenvalue weighted by atomic mass is 10.3. The van der Waals surface area contributed by atoms with Crippen molar-refractivity contribution in [2.24, 2.45) is 0 Å². The summed E-state index contributed by atoms with van der Waals surface area (Å²) in [7, 11) is 0. The molecule has 12 heavy (non-hydrogen) atoms. The zero-order chi connectivity index (χ0) is 9.23. The fraction of sp³-hybridized carbons (Fsp3) is 1.00. The van der Waals surface area contributed by atoms with E-state index in [4.69, 9.17) is 20.8 Å². The fourth-order valence-corrected chi connectivity index (χ4v) is 0.867. The summed E-state index contributed by atoms with van der Waals surface area (Å²) in [5.41, 5.74) is 0. The van der Waals surface area contributed by atoms with Gasteiger partial charge >= 0.3 is 6.53 Å². The van der Waals surface area contributed by atoms with E-state index < -0.39 is 6.53 Å². The molecule has 0 aromatic carbocycles. The Balaban J connectivity index is 3.04. The number of rotatable bonds is 8. The summed E-state index contributed by atoms with van der Waals surface area (Å²) in [5.74, 6) is 0. The van der Waals surface area contributed by atoms with Crippen molar-refractivity contribution in [1.29, 1.82) is 0 Å². The smallest absolute Gasteiger partial charge is 0.398 e. The second-order valence-electron chi connectivity index (χ2n) is 2.72. The van der Waals surface area contributed by atoms with Gasteiger partial charge in [-0.15, -0.1) is 11.5 Å². The van der Waals surface area contributed by atoms with E-state index in [1.165, 1.54) is 0 Å². The van der Waals surface area contributed by atoms with E-state index in [0.717, 1.165) is 25.7 Å². The summed E-state index contributed by atoms with van der Waals surface area (Å²) in [6, 6.07) is 0. The van der Waals surface area contributed by atoms with Crippen molar-refractivity contribution in [3.05, 3.63) is 0 Å². The Hall–Kier alpha value is 0.275. The van der Waals surface area contributed by atoms with Crippen molar-refractivity contribution in [3.8, 4) is 0 Å². The molecule has 72 valence electrons. The van der Waals surface area contributed by atoms with Crippen LogP contribution in [-0.2, 0) is 9.31 Å². The highest BCUT2D eigenvalue weighted by atomic mass is 35.5. The summed E-state index contributed by atoms with van der Waals surface area (Å²) in [6.45, 7) is 5.06.